The number of aliphatic hydroxyl groups excluding tert-OH is 1. The lowest BCUT2D eigenvalue weighted by Gasteiger charge is -2.39. The van der Waals surface area contributed by atoms with E-state index in [1.807, 2.05) is 49.4 Å². The van der Waals surface area contributed by atoms with Crippen LogP contribution in [0.2, 0.25) is 0 Å². The molecule has 1 N–H and O–H groups in total. The van der Waals surface area contributed by atoms with Crippen LogP contribution in [0.5, 0.6) is 0 Å². The van der Waals surface area contributed by atoms with Crippen LogP contribution in [-0.4, -0.2) is 37.1 Å². The number of hydrogen-bond donors (Lipinski definition) is 1. The van der Waals surface area contributed by atoms with Gasteiger partial charge in [0.25, 0.3) is 10.0 Å². The summed E-state index contributed by atoms with van der Waals surface area (Å²) in [6.07, 6.45) is 3.33. The van der Waals surface area contributed by atoms with Gasteiger partial charge in [0.05, 0.1) is 16.8 Å². The first-order chi connectivity index (χ1) is 20.7. The number of benzene rings is 3. The van der Waals surface area contributed by atoms with Crippen LogP contribution < -0.4 is 4.31 Å². The molecule has 224 valence electrons. The summed E-state index contributed by atoms with van der Waals surface area (Å²) in [5.41, 5.74) is 4.32. The van der Waals surface area contributed by atoms with Crippen molar-refractivity contribution in [2.24, 2.45) is 0 Å². The number of aromatic nitrogens is 1. The van der Waals surface area contributed by atoms with Crippen LogP contribution in [0.25, 0.3) is 0 Å². The fourth-order valence-corrected chi connectivity index (χ4v) is 7.73. The number of cyclic esters (lactones) is 1. The first-order valence-corrected chi connectivity index (χ1v) is 16.8. The maximum Gasteiger partial charge on any atom is 0.338 e. The van der Waals surface area contributed by atoms with Crippen molar-refractivity contribution >= 4 is 33.0 Å². The minimum atomic E-state index is -3.84. The molecule has 5 rings (SSSR count). The van der Waals surface area contributed by atoms with Gasteiger partial charge in [0.1, 0.15) is 11.4 Å². The molecule has 3 aromatic carbocycles. The molecule has 1 aliphatic heterocycles. The average Bonchev–Trinajstić information content (AvgIpc) is 3.58. The lowest BCUT2D eigenvalue weighted by atomic mass is 9.79. The molecule has 4 aromatic rings. The zero-order valence-electron chi connectivity index (χ0n) is 24.3. The van der Waals surface area contributed by atoms with Crippen LogP contribution in [0.4, 0.5) is 5.69 Å². The summed E-state index contributed by atoms with van der Waals surface area (Å²) >= 11 is 1.21. The number of aliphatic hydroxyl groups is 1. The molecule has 0 bridgehead atoms. The van der Waals surface area contributed by atoms with E-state index < -0.39 is 27.5 Å². The Hall–Kier alpha value is -3.95. The lowest BCUT2D eigenvalue weighted by molar-refractivity contribution is -0.161. The largest absolute Gasteiger partial charge is 0.512 e. The minimum absolute atomic E-state index is 0.0176. The summed E-state index contributed by atoms with van der Waals surface area (Å²) in [6.45, 7) is 1.94. The number of carbonyl (C=O) groups excluding carboxylic acids is 1. The summed E-state index contributed by atoms with van der Waals surface area (Å²) in [5, 5.41) is 13.0. The zero-order chi connectivity index (χ0) is 30.5. The molecule has 0 spiro atoms. The van der Waals surface area contributed by atoms with Crippen LogP contribution in [0.1, 0.15) is 55.2 Å². The third-order valence-electron chi connectivity index (χ3n) is 8.18. The van der Waals surface area contributed by atoms with Crippen LogP contribution in [0.15, 0.2) is 112 Å². The highest BCUT2D eigenvalue weighted by Gasteiger charge is 2.43. The van der Waals surface area contributed by atoms with Crippen molar-refractivity contribution in [3.63, 3.8) is 0 Å². The van der Waals surface area contributed by atoms with Gasteiger partial charge in [-0.3, -0.25) is 4.31 Å². The molecule has 1 unspecified atom stereocenters. The van der Waals surface area contributed by atoms with E-state index in [1.54, 1.807) is 18.2 Å². The molecule has 2 heterocycles. The van der Waals surface area contributed by atoms with Gasteiger partial charge in [-0.15, -0.1) is 11.3 Å². The van der Waals surface area contributed by atoms with Gasteiger partial charge in [0.15, 0.2) is 5.03 Å². The Kier molecular flexibility index (Phi) is 9.32. The number of nitrogens with zero attached hydrogens (tertiary/aromatic N) is 2. The Labute approximate surface area is 257 Å². The molecule has 1 atom stereocenters. The number of thiazole rings is 1. The van der Waals surface area contributed by atoms with E-state index in [1.165, 1.54) is 33.6 Å². The van der Waals surface area contributed by atoms with E-state index in [2.05, 4.69) is 29.2 Å². The summed E-state index contributed by atoms with van der Waals surface area (Å²) < 4.78 is 33.7. The molecular formula is C34H36N2O5S2. The molecule has 0 saturated carbocycles. The molecule has 7 nitrogen and oxygen atoms in total. The third-order valence-corrected chi connectivity index (χ3v) is 10.6. The molecule has 1 aromatic heterocycles. The second-order valence-corrected chi connectivity index (χ2v) is 13.6. The lowest BCUT2D eigenvalue weighted by Crippen LogP contribution is -2.42. The van der Waals surface area contributed by atoms with Gasteiger partial charge >= 0.3 is 5.97 Å². The Balaban J connectivity index is 1.43. The van der Waals surface area contributed by atoms with Crippen LogP contribution in [0.3, 0.4) is 0 Å². The number of sulfonamides is 1. The SMILES string of the molecule is CCC(C1=C(O)CC(CCc2ccccc2)(CCc2ccccc2)OC1=O)c1cccc(N(C)S(=O)(=O)c2cscn2)c1. The smallest absolute Gasteiger partial charge is 0.338 e. The number of hydrogen-bond acceptors (Lipinski definition) is 7. The van der Waals surface area contributed by atoms with Crippen molar-refractivity contribution in [3.8, 4) is 0 Å². The Morgan fingerprint density at radius 3 is 2.14 bits per heavy atom. The minimum Gasteiger partial charge on any atom is -0.512 e. The fraction of sp³-hybridized carbons (Fsp3) is 0.294. The summed E-state index contributed by atoms with van der Waals surface area (Å²) in [4.78, 5) is 17.8. The van der Waals surface area contributed by atoms with Crippen LogP contribution in [-0.2, 0) is 32.4 Å². The van der Waals surface area contributed by atoms with E-state index in [4.69, 9.17) is 4.74 Å². The van der Waals surface area contributed by atoms with E-state index in [9.17, 15) is 18.3 Å². The monoisotopic (exact) mass is 616 g/mol. The molecule has 0 amide bonds. The Morgan fingerprint density at radius 1 is 0.977 bits per heavy atom. The van der Waals surface area contributed by atoms with E-state index in [0.29, 0.717) is 37.8 Å². The Bertz CT molecular complexity index is 1630. The number of anilines is 1. The van der Waals surface area contributed by atoms with Crippen molar-refractivity contribution in [3.05, 3.63) is 124 Å². The normalized spacial score (nSPS) is 15.6. The number of aryl methyl sites for hydroxylation is 2. The van der Waals surface area contributed by atoms with Gasteiger partial charge in [0, 0.05) is 24.8 Å². The maximum atomic E-state index is 13.8. The van der Waals surface area contributed by atoms with Crippen molar-refractivity contribution in [2.75, 3.05) is 11.4 Å². The molecule has 0 radical (unpaired) electrons. The molecule has 0 saturated heterocycles. The number of esters is 1. The van der Waals surface area contributed by atoms with Crippen LogP contribution >= 0.6 is 11.3 Å². The zero-order valence-corrected chi connectivity index (χ0v) is 26.0. The first-order valence-electron chi connectivity index (χ1n) is 14.4. The van der Waals surface area contributed by atoms with Crippen LogP contribution in [0, 0.1) is 0 Å². The number of rotatable bonds is 12. The highest BCUT2D eigenvalue weighted by molar-refractivity contribution is 7.92. The molecule has 0 aliphatic carbocycles. The highest BCUT2D eigenvalue weighted by atomic mass is 32.2. The second kappa shape index (κ2) is 13.1. The topological polar surface area (TPSA) is 96.8 Å². The molecular weight excluding hydrogens is 581 g/mol. The second-order valence-electron chi connectivity index (χ2n) is 10.9. The van der Waals surface area contributed by atoms with Crippen molar-refractivity contribution in [2.45, 2.75) is 62.0 Å². The average molecular weight is 617 g/mol. The summed E-state index contributed by atoms with van der Waals surface area (Å²) in [7, 11) is -2.36. The van der Waals surface area contributed by atoms with Crippen molar-refractivity contribution < 1.29 is 23.1 Å². The standard InChI is InChI=1S/C34H36N2O5S2/c1-3-29(27-15-10-16-28(21-27)36(2)43(39,40)31-23-42-24-35-31)32-30(37)22-34(41-33(32)38,19-17-25-11-6-4-7-12-25)20-18-26-13-8-5-9-14-26/h4-16,21,23-24,29,37H,3,17-20,22H2,1-2H3. The fourth-order valence-electron chi connectivity index (χ4n) is 5.74. The third kappa shape index (κ3) is 6.84. The molecule has 9 heteroatoms. The first kappa shape index (κ1) is 30.5. The molecule has 43 heavy (non-hydrogen) atoms. The Morgan fingerprint density at radius 2 is 1.60 bits per heavy atom. The van der Waals surface area contributed by atoms with Gasteiger partial charge in [-0.1, -0.05) is 79.7 Å². The van der Waals surface area contributed by atoms with Crippen molar-refractivity contribution in [1.82, 2.24) is 4.98 Å². The summed E-state index contributed by atoms with van der Waals surface area (Å²) in [5.74, 6) is -0.951. The molecule has 1 aliphatic rings. The van der Waals surface area contributed by atoms with Gasteiger partial charge in [0.2, 0.25) is 0 Å². The van der Waals surface area contributed by atoms with Gasteiger partial charge in [-0.2, -0.15) is 8.42 Å². The number of ether oxygens (including phenoxy) is 1. The predicted molar refractivity (Wildman–Crippen MR) is 170 cm³/mol. The van der Waals surface area contributed by atoms with E-state index in [0.717, 1.165) is 16.7 Å². The summed E-state index contributed by atoms with van der Waals surface area (Å²) in [6, 6.07) is 27.2. The van der Waals surface area contributed by atoms with Gasteiger partial charge in [-0.05, 0) is 60.9 Å². The number of carbonyl (C=O) groups is 1. The predicted octanol–water partition coefficient (Wildman–Crippen LogP) is 7.23. The van der Waals surface area contributed by atoms with Gasteiger partial charge in [-0.25, -0.2) is 9.78 Å². The van der Waals surface area contributed by atoms with Crippen molar-refractivity contribution in [1.29, 1.82) is 0 Å². The van der Waals surface area contributed by atoms with Gasteiger partial charge < -0.3 is 9.84 Å². The quantitative estimate of drug-likeness (QED) is 0.169. The maximum absolute atomic E-state index is 13.8. The van der Waals surface area contributed by atoms with E-state index in [-0.39, 0.29) is 22.8 Å². The highest BCUT2D eigenvalue weighted by Crippen LogP contribution is 2.42. The van der Waals surface area contributed by atoms with E-state index >= 15 is 0 Å². The molecule has 0 fully saturated rings.